The number of aromatic nitrogens is 4. The van der Waals surface area contributed by atoms with Crippen LogP contribution in [0.2, 0.25) is 0 Å². The molecular formula is C15H23N5. The number of likely N-dealkylation sites (N-methyl/N-ethyl adjacent to an activating group) is 1. The third-order valence-corrected chi connectivity index (χ3v) is 3.29. The molecule has 0 aromatic carbocycles. The summed E-state index contributed by atoms with van der Waals surface area (Å²) in [5.41, 5.74) is 2.30. The van der Waals surface area contributed by atoms with Gasteiger partial charge in [0.1, 0.15) is 12.2 Å². The Morgan fingerprint density at radius 1 is 1.30 bits per heavy atom. The molecule has 0 saturated heterocycles. The molecule has 2 rings (SSSR count). The van der Waals surface area contributed by atoms with Crippen molar-refractivity contribution in [2.24, 2.45) is 0 Å². The molecule has 2 heterocycles. The fraction of sp³-hybridized carbons (Fsp3) is 0.533. The van der Waals surface area contributed by atoms with E-state index in [-0.39, 0.29) is 6.04 Å². The second-order valence-corrected chi connectivity index (χ2v) is 4.94. The highest BCUT2D eigenvalue weighted by atomic mass is 15.3. The van der Waals surface area contributed by atoms with E-state index in [9.17, 15) is 0 Å². The van der Waals surface area contributed by atoms with Gasteiger partial charge in [0.2, 0.25) is 0 Å². The topological polar surface area (TPSA) is 55.6 Å². The van der Waals surface area contributed by atoms with Crippen LogP contribution in [0.25, 0.3) is 0 Å². The van der Waals surface area contributed by atoms with E-state index >= 15 is 0 Å². The van der Waals surface area contributed by atoms with Crippen LogP contribution in [0.3, 0.4) is 0 Å². The maximum Gasteiger partial charge on any atom is 0.138 e. The summed E-state index contributed by atoms with van der Waals surface area (Å²) in [6.45, 7) is 8.14. The number of pyridine rings is 1. The van der Waals surface area contributed by atoms with Crippen LogP contribution < -0.4 is 5.32 Å². The van der Waals surface area contributed by atoms with Gasteiger partial charge in [-0.1, -0.05) is 13.8 Å². The van der Waals surface area contributed by atoms with E-state index in [0.717, 1.165) is 37.4 Å². The van der Waals surface area contributed by atoms with Gasteiger partial charge in [0.15, 0.2) is 0 Å². The lowest BCUT2D eigenvalue weighted by molar-refractivity contribution is 0.498. The first-order valence-corrected chi connectivity index (χ1v) is 7.27. The largest absolute Gasteiger partial charge is 0.310 e. The van der Waals surface area contributed by atoms with Gasteiger partial charge in [-0.15, -0.1) is 0 Å². The van der Waals surface area contributed by atoms with Gasteiger partial charge >= 0.3 is 0 Å². The maximum absolute atomic E-state index is 4.40. The zero-order chi connectivity index (χ0) is 14.4. The van der Waals surface area contributed by atoms with Crippen molar-refractivity contribution in [3.63, 3.8) is 0 Å². The van der Waals surface area contributed by atoms with Gasteiger partial charge in [-0.25, -0.2) is 4.98 Å². The third kappa shape index (κ3) is 3.63. The lowest BCUT2D eigenvalue weighted by Gasteiger charge is -2.18. The van der Waals surface area contributed by atoms with Crippen molar-refractivity contribution >= 4 is 0 Å². The highest BCUT2D eigenvalue weighted by Crippen LogP contribution is 2.17. The van der Waals surface area contributed by atoms with E-state index in [4.69, 9.17) is 0 Å². The molecule has 0 amide bonds. The van der Waals surface area contributed by atoms with Crippen molar-refractivity contribution < 1.29 is 0 Å². The molecule has 5 heteroatoms. The molecule has 2 aromatic rings. The van der Waals surface area contributed by atoms with Crippen molar-refractivity contribution in [3.05, 3.63) is 41.7 Å². The molecule has 0 aliphatic rings. The fourth-order valence-corrected chi connectivity index (χ4v) is 2.37. The average molecular weight is 273 g/mol. The zero-order valence-electron chi connectivity index (χ0n) is 12.5. The fourth-order valence-electron chi connectivity index (χ4n) is 2.37. The average Bonchev–Trinajstić information content (AvgIpc) is 2.86. The van der Waals surface area contributed by atoms with Crippen LogP contribution in [0.4, 0.5) is 0 Å². The summed E-state index contributed by atoms with van der Waals surface area (Å²) in [6, 6.07) is 4.45. The summed E-state index contributed by atoms with van der Waals surface area (Å²) >= 11 is 0. The van der Waals surface area contributed by atoms with E-state index in [2.05, 4.69) is 46.4 Å². The molecule has 0 aliphatic carbocycles. The van der Waals surface area contributed by atoms with Crippen LogP contribution in [-0.2, 0) is 13.0 Å². The van der Waals surface area contributed by atoms with Crippen LogP contribution in [0.15, 0.2) is 24.7 Å². The predicted octanol–water partition coefficient (Wildman–Crippen LogP) is 2.28. The van der Waals surface area contributed by atoms with Gasteiger partial charge in [0.05, 0.1) is 0 Å². The molecule has 0 aliphatic heterocycles. The van der Waals surface area contributed by atoms with Crippen LogP contribution in [0, 0.1) is 6.92 Å². The summed E-state index contributed by atoms with van der Waals surface area (Å²) in [7, 11) is 0. The summed E-state index contributed by atoms with van der Waals surface area (Å²) in [5, 5.41) is 7.82. The molecule has 1 unspecified atom stereocenters. The molecule has 2 aromatic heterocycles. The van der Waals surface area contributed by atoms with Gasteiger partial charge in [-0.3, -0.25) is 9.67 Å². The maximum atomic E-state index is 4.40. The van der Waals surface area contributed by atoms with Gasteiger partial charge in [-0.05, 0) is 37.6 Å². The second-order valence-electron chi connectivity index (χ2n) is 4.94. The minimum absolute atomic E-state index is 0.251. The molecule has 1 atom stereocenters. The number of nitrogens with one attached hydrogen (secondary N) is 1. The van der Waals surface area contributed by atoms with E-state index in [0.29, 0.717) is 0 Å². The quantitative estimate of drug-likeness (QED) is 0.841. The van der Waals surface area contributed by atoms with Crippen molar-refractivity contribution in [1.29, 1.82) is 0 Å². The van der Waals surface area contributed by atoms with Gasteiger partial charge in [-0.2, -0.15) is 5.10 Å². The predicted molar refractivity (Wildman–Crippen MR) is 79.4 cm³/mol. The lowest BCUT2D eigenvalue weighted by atomic mass is 10.0. The number of hydrogen-bond donors (Lipinski definition) is 1. The van der Waals surface area contributed by atoms with E-state index < -0.39 is 0 Å². The Balaban J connectivity index is 2.18. The molecule has 108 valence electrons. The number of nitrogens with zero attached hydrogens (tertiary/aromatic N) is 4. The Morgan fingerprint density at radius 3 is 2.85 bits per heavy atom. The SMILES string of the molecule is CCCn1ncnc1CC(NCC)c1ccnc(C)c1. The number of hydrogen-bond acceptors (Lipinski definition) is 4. The van der Waals surface area contributed by atoms with Crippen molar-refractivity contribution in [2.45, 2.75) is 46.2 Å². The third-order valence-electron chi connectivity index (χ3n) is 3.29. The normalized spacial score (nSPS) is 12.6. The zero-order valence-corrected chi connectivity index (χ0v) is 12.5. The minimum atomic E-state index is 0.251. The number of aryl methyl sites for hydroxylation is 2. The Labute approximate surface area is 120 Å². The smallest absolute Gasteiger partial charge is 0.138 e. The Kier molecular flexibility index (Phi) is 5.24. The van der Waals surface area contributed by atoms with Crippen LogP contribution in [0.1, 0.15) is 43.4 Å². The molecule has 0 fully saturated rings. The van der Waals surface area contributed by atoms with Crippen LogP contribution >= 0.6 is 0 Å². The van der Waals surface area contributed by atoms with Gasteiger partial charge in [0, 0.05) is 30.9 Å². The Morgan fingerprint density at radius 2 is 2.15 bits per heavy atom. The molecule has 0 spiro atoms. The molecule has 0 saturated carbocycles. The van der Waals surface area contributed by atoms with Gasteiger partial charge in [0.25, 0.3) is 0 Å². The Bertz CT molecular complexity index is 535. The van der Waals surface area contributed by atoms with Crippen molar-refractivity contribution in [1.82, 2.24) is 25.1 Å². The second kappa shape index (κ2) is 7.14. The summed E-state index contributed by atoms with van der Waals surface area (Å²) in [5.74, 6) is 1.03. The minimum Gasteiger partial charge on any atom is -0.310 e. The lowest BCUT2D eigenvalue weighted by Crippen LogP contribution is -2.24. The van der Waals surface area contributed by atoms with E-state index in [1.165, 1.54) is 5.56 Å². The first-order chi connectivity index (χ1) is 9.74. The summed E-state index contributed by atoms with van der Waals surface area (Å²) in [6.07, 6.45) is 5.42. The van der Waals surface area contributed by atoms with Crippen LogP contribution in [0.5, 0.6) is 0 Å². The van der Waals surface area contributed by atoms with Crippen molar-refractivity contribution in [3.8, 4) is 0 Å². The summed E-state index contributed by atoms with van der Waals surface area (Å²) < 4.78 is 2.00. The summed E-state index contributed by atoms with van der Waals surface area (Å²) in [4.78, 5) is 8.67. The first kappa shape index (κ1) is 14.7. The highest BCUT2D eigenvalue weighted by molar-refractivity contribution is 5.20. The van der Waals surface area contributed by atoms with E-state index in [1.807, 2.05) is 17.8 Å². The molecule has 1 N–H and O–H groups in total. The highest BCUT2D eigenvalue weighted by Gasteiger charge is 2.15. The molecule has 0 radical (unpaired) electrons. The molecule has 5 nitrogen and oxygen atoms in total. The van der Waals surface area contributed by atoms with E-state index in [1.54, 1.807) is 6.33 Å². The first-order valence-electron chi connectivity index (χ1n) is 7.27. The molecule has 0 bridgehead atoms. The molecular weight excluding hydrogens is 250 g/mol. The number of rotatable bonds is 7. The van der Waals surface area contributed by atoms with Gasteiger partial charge < -0.3 is 5.32 Å². The molecule has 20 heavy (non-hydrogen) atoms. The van der Waals surface area contributed by atoms with Crippen LogP contribution in [-0.4, -0.2) is 26.3 Å². The standard InChI is InChI=1S/C15H23N5/c1-4-8-20-15(18-11-19-20)10-14(16-5-2)13-6-7-17-12(3)9-13/h6-7,9,11,14,16H,4-5,8,10H2,1-3H3. The monoisotopic (exact) mass is 273 g/mol. The Hall–Kier alpha value is -1.75. The van der Waals surface area contributed by atoms with Crippen molar-refractivity contribution in [2.75, 3.05) is 6.54 Å².